The van der Waals surface area contributed by atoms with Crippen LogP contribution in [0.25, 0.3) is 22.3 Å². The van der Waals surface area contributed by atoms with E-state index in [9.17, 15) is 66.0 Å². The maximum atomic E-state index is 15.1. The zero-order valence-electron chi connectivity index (χ0n) is 76.1. The standard InChI is InChI=1S/C72H96N21O37P7S7/c1-8-36-37(9-50(117-36)88-17-32(3)64(94)83-69(88)99)125-132(104,139)111-25-48-42(14-55(122-48)92-29-80-57-60(74)76-27-78-62(57)92)130-137(109,144)116-26-49-43(15-56(123-49)93-30-81-58-61(75)77-28-79-63(58)93)129-136(108,143)115-22-45-39(11-51(119-45)87-16-31(2)59(73)82-68(87)98)126-134(106,141)113-23-47-41(13-54(121-47)91-20-35(6)67(97)86-72(91)102)128-135(107,142)114-24-46-40(12-53(120-46)90-19-34(5)66(96)85-71(90)101)127-133(105,140)112-21-44-38(124-131(103,138)110-7)10-52(118-44)89-18-33(4)65(95)84-70(89)100/h16-20,27-30,36-56H,8-15,21-26H2,1-7H3,(H,103,138)(H,104,139)(H,105,140)(H,106,141)(H,107,142)(H,108,143)(H,109,144)(H2,73,82,98)(H2,74,76,78)(H2,75,77,79)(H,83,94,99)(H,84,95,100)(H,85,96,101)(H,86,97,102)/t36-,37?,38?,39?,40?,41?,42?,43?,44-,45-,46-,47-,48-,49-,50-,51-,52-,53-,54-,55-,56-,131?,132?,133?,134?,135?,136?,137?/m1/s1. The average Bonchev–Trinajstić information content (AvgIpc) is 1.63. The van der Waals surface area contributed by atoms with E-state index in [1.807, 2.05) is 0 Å². The van der Waals surface area contributed by atoms with Crippen molar-refractivity contribution in [3.63, 3.8) is 0 Å². The van der Waals surface area contributed by atoms with Crippen LogP contribution in [0.3, 0.4) is 0 Å². The molecule has 144 heavy (non-hydrogen) atoms. The normalized spacial score (nSPS) is 29.7. The molecule has 0 amide bonds. The number of aromatic nitrogens is 18. The van der Waals surface area contributed by atoms with Gasteiger partial charge in [0.15, 0.2) is 22.9 Å². The highest BCUT2D eigenvalue weighted by Gasteiger charge is 2.53. The SMILES string of the molecule is CC[C@H]1O[C@@H](n2cc(C)c(=O)[nH]c2=O)CC1OP(=O)(S)OC[C@H]1O[C@@H](n2cnc3c(N)ncnc32)CC1OP(=O)(S)OC[C@H]1O[C@@H](n2cnc3c(N)ncnc32)CC1OP(=O)(S)OC[C@H]1O[C@@H](n2cc(C)c(N)nc2=O)CC1OP(=O)(S)OC[C@H]1O[C@@H](n2cc(C)c(=O)[nH]c2=O)CC1OP(=O)(S)OC[C@H]1O[C@@H](n2cc(C)c(=O)[nH]c2=O)CC1OP(=O)(S)OC[C@H]1O[C@@H](n2cc(C)c(=O)[nH]c2=O)CC1OP(=O)(S)OC. The van der Waals surface area contributed by atoms with Crippen LogP contribution in [0.4, 0.5) is 17.5 Å². The van der Waals surface area contributed by atoms with Gasteiger partial charge in [-0.05, 0) is 41.0 Å². The van der Waals surface area contributed by atoms with Crippen molar-refractivity contribution in [2.24, 2.45) is 0 Å². The minimum atomic E-state index is -4.93. The van der Waals surface area contributed by atoms with Crippen LogP contribution in [0.2, 0.25) is 0 Å². The summed E-state index contributed by atoms with van der Waals surface area (Å²) in [4.78, 5) is 154. The van der Waals surface area contributed by atoms with Crippen molar-refractivity contribution in [2.45, 2.75) is 222 Å². The predicted molar refractivity (Wildman–Crippen MR) is 524 cm³/mol. The lowest BCUT2D eigenvalue weighted by molar-refractivity contribution is -0.0539. The Morgan fingerprint density at radius 1 is 0.326 bits per heavy atom. The van der Waals surface area contributed by atoms with Crippen LogP contribution in [0.5, 0.6) is 0 Å². The van der Waals surface area contributed by atoms with Gasteiger partial charge in [-0.2, -0.15) is 4.98 Å². The third-order valence-electron chi connectivity index (χ3n) is 23.9. The minimum absolute atomic E-state index is 0.0136. The molecule has 0 bridgehead atoms. The topological polar surface area (TPSA) is 733 Å². The molecule has 0 radical (unpaired) electrons. The first-order valence-electron chi connectivity index (χ1n) is 43.4. The van der Waals surface area contributed by atoms with Crippen LogP contribution in [-0.2, 0) is 128 Å². The van der Waals surface area contributed by atoms with E-state index >= 15 is 9.13 Å². The largest absolute Gasteiger partial charge is 0.386 e. The van der Waals surface area contributed by atoms with E-state index in [2.05, 4.69) is 141 Å². The van der Waals surface area contributed by atoms with Gasteiger partial charge in [0.25, 0.3) is 22.2 Å². The molecule has 0 aromatic carbocycles. The summed E-state index contributed by atoms with van der Waals surface area (Å²) in [6, 6.07) is 0. The summed E-state index contributed by atoms with van der Waals surface area (Å²) in [6.07, 6.45) is -18.5. The van der Waals surface area contributed by atoms with Crippen LogP contribution in [0.1, 0.15) is 130 Å². The number of nitrogens with zero attached hydrogens (tertiary/aromatic N) is 14. The van der Waals surface area contributed by atoms with E-state index in [1.54, 1.807) is 6.92 Å². The minimum Gasteiger partial charge on any atom is -0.383 e. The number of imidazole rings is 2. The Balaban J connectivity index is 0.607. The Kier molecular flexibility index (Phi) is 33.9. The van der Waals surface area contributed by atoms with Crippen molar-refractivity contribution in [3.05, 3.63) is 178 Å². The van der Waals surface area contributed by atoms with Gasteiger partial charge in [-0.25, -0.2) is 85.8 Å². The number of thiol groups is 7. The maximum Gasteiger partial charge on any atom is 0.386 e. The monoisotopic (exact) mass is 2290 g/mol. The third-order valence-corrected chi connectivity index (χ3v) is 35.5. The summed E-state index contributed by atoms with van der Waals surface area (Å²) in [5.74, 6) is -0.144. The lowest BCUT2D eigenvalue weighted by atomic mass is 10.1. The molecule has 7 fully saturated rings. The Morgan fingerprint density at radius 2 is 0.556 bits per heavy atom. The highest BCUT2D eigenvalue weighted by atomic mass is 32.7. The number of hydrogen-bond acceptors (Lipinski definition) is 47. The molecule has 788 valence electrons. The van der Waals surface area contributed by atoms with Crippen molar-refractivity contribution >= 4 is 173 Å². The summed E-state index contributed by atoms with van der Waals surface area (Å²) in [5.41, 5.74) is 12.3. The number of hydrogen-bond donors (Lipinski definition) is 14. The zero-order valence-corrected chi connectivity index (χ0v) is 88.6. The first-order valence-corrected chi connectivity index (χ1v) is 62.2. The van der Waals surface area contributed by atoms with E-state index in [1.165, 1.54) is 85.9 Å². The number of nitrogens with one attached hydrogen (secondary N) is 4. The number of aromatic amines is 4. The molecule has 28 atom stereocenters. The summed E-state index contributed by atoms with van der Waals surface area (Å²) in [5, 5.41) is 0. The lowest BCUT2D eigenvalue weighted by Gasteiger charge is -2.27. The highest BCUT2D eigenvalue weighted by Crippen LogP contribution is 2.65. The average molecular weight is 2290 g/mol. The van der Waals surface area contributed by atoms with E-state index < -0.39 is 286 Å². The molecule has 0 spiro atoms. The molecule has 7 aliphatic heterocycles. The van der Waals surface area contributed by atoms with E-state index in [4.69, 9.17) is 114 Å². The Hall–Kier alpha value is -6.68. The molecule has 14 unspecified atom stereocenters. The number of H-pyrrole nitrogens is 4. The molecule has 72 heteroatoms. The predicted octanol–water partition coefficient (Wildman–Crippen LogP) is 6.54. The molecule has 16 heterocycles. The van der Waals surface area contributed by atoms with Crippen molar-refractivity contribution in [3.8, 4) is 0 Å². The van der Waals surface area contributed by atoms with Gasteiger partial charge >= 0.3 is 76.0 Å². The van der Waals surface area contributed by atoms with Gasteiger partial charge in [-0.3, -0.25) is 130 Å². The molecule has 7 aliphatic rings. The summed E-state index contributed by atoms with van der Waals surface area (Å²) in [7, 11) is 1.04. The van der Waals surface area contributed by atoms with Crippen molar-refractivity contribution in [1.29, 1.82) is 0 Å². The molecule has 7 saturated heterocycles. The number of fused-ring (bicyclic) bond motifs is 2. The Morgan fingerprint density at radius 3 is 0.812 bits per heavy atom. The second kappa shape index (κ2) is 44.3. The first kappa shape index (κ1) is 110. The van der Waals surface area contributed by atoms with Gasteiger partial charge in [0, 0.05) is 111 Å². The van der Waals surface area contributed by atoms with Gasteiger partial charge in [0.1, 0.15) is 146 Å². The molecule has 0 saturated carbocycles. The zero-order chi connectivity index (χ0) is 104. The summed E-state index contributed by atoms with van der Waals surface area (Å²) >= 11 is 29.9. The molecule has 9 aromatic rings. The van der Waals surface area contributed by atoms with Gasteiger partial charge in [-0.15, -0.1) is 0 Å². The van der Waals surface area contributed by atoms with E-state index in [0.717, 1.165) is 44.1 Å². The molecule has 58 nitrogen and oxygen atoms in total. The van der Waals surface area contributed by atoms with Crippen LogP contribution in [-0.4, -0.2) is 219 Å². The van der Waals surface area contributed by atoms with Gasteiger partial charge < -0.3 is 54.9 Å². The van der Waals surface area contributed by atoms with Gasteiger partial charge in [0.05, 0.1) is 64.5 Å². The molecule has 9 aromatic heterocycles. The van der Waals surface area contributed by atoms with Crippen molar-refractivity contribution in [1.82, 2.24) is 86.8 Å². The number of anilines is 3. The fraction of sp³-hybridized carbons (Fsp3) is 0.583. The van der Waals surface area contributed by atoms with Crippen LogP contribution >= 0.6 is 133 Å². The molecular formula is C72H96N21O37P7S7. The van der Waals surface area contributed by atoms with E-state index in [0.29, 0.717) is 12.0 Å². The quantitative estimate of drug-likeness (QED) is 0.0143. The molecule has 0 aliphatic carbocycles. The van der Waals surface area contributed by atoms with Crippen LogP contribution < -0.4 is 67.9 Å². The van der Waals surface area contributed by atoms with E-state index in [-0.39, 0.29) is 87.7 Å². The molecule has 10 N–H and O–H groups in total. The number of nitrogens with two attached hydrogens (primary N) is 3. The smallest absolute Gasteiger partial charge is 0.383 e. The number of ether oxygens (including phenoxy) is 7. The van der Waals surface area contributed by atoms with Crippen molar-refractivity contribution in [2.75, 3.05) is 64.0 Å². The molecular weight excluding hydrogens is 2190 g/mol. The van der Waals surface area contributed by atoms with Crippen LogP contribution in [0, 0.1) is 34.6 Å². The number of aryl methyl sites for hydroxylation is 5. The van der Waals surface area contributed by atoms with Gasteiger partial charge in [0.2, 0.25) is 0 Å². The lowest BCUT2D eigenvalue weighted by Crippen LogP contribution is -2.33. The Labute approximate surface area is 846 Å². The summed E-state index contributed by atoms with van der Waals surface area (Å²) in [6.45, 7) is -28.6. The maximum absolute atomic E-state index is 15.1. The van der Waals surface area contributed by atoms with Gasteiger partial charge in [-0.1, -0.05) is 92.7 Å². The molecule has 16 rings (SSSR count). The second-order valence-corrected chi connectivity index (χ2v) is 54.0. The van der Waals surface area contributed by atoms with Crippen LogP contribution in [0.15, 0.2) is 99.4 Å². The second-order valence-electron chi connectivity index (χ2n) is 33.8. The fourth-order valence-corrected chi connectivity index (χ4v) is 26.9. The first-order chi connectivity index (χ1) is 67.8. The summed E-state index contributed by atoms with van der Waals surface area (Å²) < 4.78 is 236. The Bertz CT molecular complexity index is 7320. The fourth-order valence-electron chi connectivity index (χ4n) is 16.7. The number of rotatable bonds is 41. The van der Waals surface area contributed by atoms with Crippen molar-refractivity contribution < 1.29 is 128 Å². The highest BCUT2D eigenvalue weighted by molar-refractivity contribution is 8.46. The number of nitrogen functional groups attached to an aromatic ring is 3. The third kappa shape index (κ3) is 25.9.